The van der Waals surface area contributed by atoms with Crippen LogP contribution in [-0.4, -0.2) is 59.5 Å². The summed E-state index contributed by atoms with van der Waals surface area (Å²) in [6.07, 6.45) is 1.50. The van der Waals surface area contributed by atoms with Crippen molar-refractivity contribution in [1.82, 2.24) is 9.80 Å². The number of carbonyl (C=O) groups is 2. The summed E-state index contributed by atoms with van der Waals surface area (Å²) in [7, 11) is 0. The Morgan fingerprint density at radius 3 is 2.50 bits per heavy atom. The summed E-state index contributed by atoms with van der Waals surface area (Å²) in [6.45, 7) is 4.09. The van der Waals surface area contributed by atoms with Crippen molar-refractivity contribution in [3.63, 3.8) is 0 Å². The molecule has 0 saturated carbocycles. The maximum atomic E-state index is 12.1. The lowest BCUT2D eigenvalue weighted by molar-refractivity contribution is -0.138. The molecule has 2 heterocycles. The van der Waals surface area contributed by atoms with Gasteiger partial charge in [-0.2, -0.15) is 0 Å². The number of nitrogens with zero attached hydrogens (tertiary/aromatic N) is 2. The number of piperazine rings is 1. The maximum absolute atomic E-state index is 12.1. The first-order valence-corrected chi connectivity index (χ1v) is 5.85. The van der Waals surface area contributed by atoms with Gasteiger partial charge in [0, 0.05) is 31.7 Å². The number of aryl methyl sites for hydroxylation is 1. The molecule has 1 aromatic heterocycles. The molecule has 6 nitrogen and oxygen atoms in total. The number of hydrogen-bond donors (Lipinski definition) is 1. The SMILES string of the molecule is Cc1ccoc1C(=O)N1CCN(CC(=O)O)CC1. The van der Waals surface area contributed by atoms with E-state index in [4.69, 9.17) is 9.52 Å². The van der Waals surface area contributed by atoms with Crippen LogP contribution in [0.15, 0.2) is 16.7 Å². The Kier molecular flexibility index (Phi) is 3.66. The highest BCUT2D eigenvalue weighted by Gasteiger charge is 2.25. The Morgan fingerprint density at radius 2 is 2.00 bits per heavy atom. The molecule has 1 aromatic rings. The molecule has 0 unspecified atom stereocenters. The van der Waals surface area contributed by atoms with Crippen LogP contribution in [-0.2, 0) is 4.79 Å². The Bertz CT molecular complexity index is 447. The second kappa shape index (κ2) is 5.22. The second-order valence-electron chi connectivity index (χ2n) is 4.39. The molecular weight excluding hydrogens is 236 g/mol. The van der Waals surface area contributed by atoms with Crippen LogP contribution < -0.4 is 0 Å². The van der Waals surface area contributed by atoms with Gasteiger partial charge in [0.15, 0.2) is 5.76 Å². The number of hydrogen-bond acceptors (Lipinski definition) is 4. The van der Waals surface area contributed by atoms with Gasteiger partial charge in [0.2, 0.25) is 0 Å². The molecule has 1 amide bonds. The van der Waals surface area contributed by atoms with E-state index in [1.807, 2.05) is 11.8 Å². The normalized spacial score (nSPS) is 16.8. The molecule has 0 radical (unpaired) electrons. The van der Waals surface area contributed by atoms with Gasteiger partial charge in [0.05, 0.1) is 12.8 Å². The highest BCUT2D eigenvalue weighted by molar-refractivity contribution is 5.92. The monoisotopic (exact) mass is 252 g/mol. The number of aliphatic carboxylic acids is 1. The average Bonchev–Trinajstić information content (AvgIpc) is 2.75. The molecule has 1 aliphatic rings. The number of furan rings is 1. The van der Waals surface area contributed by atoms with Crippen LogP contribution in [0, 0.1) is 6.92 Å². The topological polar surface area (TPSA) is 74.0 Å². The minimum atomic E-state index is -0.836. The lowest BCUT2D eigenvalue weighted by Gasteiger charge is -2.33. The molecule has 0 bridgehead atoms. The second-order valence-corrected chi connectivity index (χ2v) is 4.39. The minimum Gasteiger partial charge on any atom is -0.480 e. The first kappa shape index (κ1) is 12.6. The van der Waals surface area contributed by atoms with E-state index in [-0.39, 0.29) is 12.5 Å². The molecule has 1 aliphatic heterocycles. The average molecular weight is 252 g/mol. The van der Waals surface area contributed by atoms with Crippen LogP contribution >= 0.6 is 0 Å². The number of amides is 1. The molecule has 2 rings (SSSR count). The molecule has 1 N–H and O–H groups in total. The number of carboxylic acid groups (broad SMARTS) is 1. The van der Waals surface area contributed by atoms with Gasteiger partial charge >= 0.3 is 5.97 Å². The van der Waals surface area contributed by atoms with Gasteiger partial charge < -0.3 is 14.4 Å². The van der Waals surface area contributed by atoms with E-state index in [9.17, 15) is 9.59 Å². The van der Waals surface area contributed by atoms with Gasteiger partial charge in [-0.25, -0.2) is 0 Å². The fourth-order valence-corrected chi connectivity index (χ4v) is 2.04. The van der Waals surface area contributed by atoms with Crippen LogP contribution in [0.1, 0.15) is 16.1 Å². The molecule has 98 valence electrons. The van der Waals surface area contributed by atoms with Crippen molar-refractivity contribution in [3.8, 4) is 0 Å². The molecule has 1 saturated heterocycles. The molecule has 18 heavy (non-hydrogen) atoms. The molecule has 0 atom stereocenters. The summed E-state index contributed by atoms with van der Waals surface area (Å²) in [5.74, 6) is -0.578. The standard InChI is InChI=1S/C12H16N2O4/c1-9-2-7-18-11(9)12(17)14-5-3-13(4-6-14)8-10(15)16/h2,7H,3-6,8H2,1H3,(H,15,16). The van der Waals surface area contributed by atoms with Gasteiger partial charge in [-0.3, -0.25) is 14.5 Å². The van der Waals surface area contributed by atoms with Crippen molar-refractivity contribution in [2.45, 2.75) is 6.92 Å². The van der Waals surface area contributed by atoms with Gasteiger partial charge in [0.1, 0.15) is 0 Å². The van der Waals surface area contributed by atoms with E-state index >= 15 is 0 Å². The van der Waals surface area contributed by atoms with Crippen molar-refractivity contribution in [1.29, 1.82) is 0 Å². The van der Waals surface area contributed by atoms with E-state index in [0.29, 0.717) is 31.9 Å². The van der Waals surface area contributed by atoms with Gasteiger partial charge in [-0.1, -0.05) is 0 Å². The predicted molar refractivity (Wildman–Crippen MR) is 63.4 cm³/mol. The van der Waals surface area contributed by atoms with Crippen LogP contribution in [0.25, 0.3) is 0 Å². The van der Waals surface area contributed by atoms with Crippen molar-refractivity contribution in [2.24, 2.45) is 0 Å². The zero-order valence-corrected chi connectivity index (χ0v) is 10.3. The third kappa shape index (κ3) is 2.70. The summed E-state index contributed by atoms with van der Waals surface area (Å²) in [5, 5.41) is 8.69. The van der Waals surface area contributed by atoms with E-state index in [1.165, 1.54) is 6.26 Å². The lowest BCUT2D eigenvalue weighted by Crippen LogP contribution is -2.49. The minimum absolute atomic E-state index is 0.0296. The highest BCUT2D eigenvalue weighted by atomic mass is 16.4. The highest BCUT2D eigenvalue weighted by Crippen LogP contribution is 2.13. The summed E-state index contributed by atoms with van der Waals surface area (Å²) in [5.41, 5.74) is 0.827. The third-order valence-electron chi connectivity index (χ3n) is 3.07. The summed E-state index contributed by atoms with van der Waals surface area (Å²) >= 11 is 0. The van der Waals surface area contributed by atoms with E-state index in [0.717, 1.165) is 5.56 Å². The molecule has 1 fully saturated rings. The Labute approximate surface area is 105 Å². The summed E-state index contributed by atoms with van der Waals surface area (Å²) in [6, 6.07) is 1.76. The number of carboxylic acids is 1. The quantitative estimate of drug-likeness (QED) is 0.844. The lowest BCUT2D eigenvalue weighted by atomic mass is 10.2. The van der Waals surface area contributed by atoms with E-state index < -0.39 is 5.97 Å². The molecule has 0 spiro atoms. The van der Waals surface area contributed by atoms with Gasteiger partial charge in [-0.15, -0.1) is 0 Å². The molecular formula is C12H16N2O4. The maximum Gasteiger partial charge on any atom is 0.317 e. The van der Waals surface area contributed by atoms with Crippen molar-refractivity contribution >= 4 is 11.9 Å². The zero-order chi connectivity index (χ0) is 13.1. The summed E-state index contributed by atoms with van der Waals surface area (Å²) in [4.78, 5) is 26.2. The van der Waals surface area contributed by atoms with Crippen LogP contribution in [0.2, 0.25) is 0 Å². The first-order chi connectivity index (χ1) is 8.58. The third-order valence-corrected chi connectivity index (χ3v) is 3.07. The first-order valence-electron chi connectivity index (χ1n) is 5.85. The largest absolute Gasteiger partial charge is 0.480 e. The Balaban J connectivity index is 1.92. The number of rotatable bonds is 3. The summed E-state index contributed by atoms with van der Waals surface area (Å²) < 4.78 is 5.17. The molecule has 0 aliphatic carbocycles. The van der Waals surface area contributed by atoms with Gasteiger partial charge in [-0.05, 0) is 13.0 Å². The van der Waals surface area contributed by atoms with Crippen molar-refractivity contribution < 1.29 is 19.1 Å². The van der Waals surface area contributed by atoms with Crippen molar-refractivity contribution in [3.05, 3.63) is 23.7 Å². The Morgan fingerprint density at radius 1 is 1.33 bits per heavy atom. The molecule has 6 heteroatoms. The fraction of sp³-hybridized carbons (Fsp3) is 0.500. The van der Waals surface area contributed by atoms with E-state index in [2.05, 4.69) is 0 Å². The van der Waals surface area contributed by atoms with Crippen LogP contribution in [0.3, 0.4) is 0 Å². The van der Waals surface area contributed by atoms with Crippen LogP contribution in [0.5, 0.6) is 0 Å². The van der Waals surface area contributed by atoms with Gasteiger partial charge in [0.25, 0.3) is 5.91 Å². The predicted octanol–water partition coefficient (Wildman–Crippen LogP) is 0.430. The fourth-order valence-electron chi connectivity index (χ4n) is 2.04. The zero-order valence-electron chi connectivity index (χ0n) is 10.3. The van der Waals surface area contributed by atoms with E-state index in [1.54, 1.807) is 11.0 Å². The Hall–Kier alpha value is -1.82. The number of carbonyl (C=O) groups excluding carboxylic acids is 1. The smallest absolute Gasteiger partial charge is 0.317 e. The van der Waals surface area contributed by atoms with Crippen molar-refractivity contribution in [2.75, 3.05) is 32.7 Å². The van der Waals surface area contributed by atoms with Crippen LogP contribution in [0.4, 0.5) is 0 Å². The molecule has 0 aromatic carbocycles.